The van der Waals surface area contributed by atoms with Crippen LogP contribution in [-0.2, 0) is 4.79 Å². The number of ether oxygens (including phenoxy) is 1. The number of hydrogen-bond donors (Lipinski definition) is 0. The number of amides is 1. The maximum Gasteiger partial charge on any atom is 0.222 e. The molecule has 0 aliphatic heterocycles. The molecule has 0 aliphatic rings. The van der Waals surface area contributed by atoms with E-state index in [4.69, 9.17) is 4.74 Å². The number of Topliss-reactive ketones (excluding diaryl/α,β-unsaturated/α-hetero) is 1. The monoisotopic (exact) mass is 291 g/mol. The summed E-state index contributed by atoms with van der Waals surface area (Å²) < 4.78 is 5.57. The Labute approximate surface area is 127 Å². The van der Waals surface area contributed by atoms with Gasteiger partial charge in [-0.1, -0.05) is 13.8 Å². The first-order valence-electron chi connectivity index (χ1n) is 7.38. The molecule has 1 aromatic rings. The molecule has 0 N–H and O–H groups in total. The topological polar surface area (TPSA) is 46.6 Å². The van der Waals surface area contributed by atoms with Crippen molar-refractivity contribution >= 4 is 11.7 Å². The molecule has 0 fully saturated rings. The molecule has 1 rings (SSSR count). The Hall–Kier alpha value is -1.84. The quantitative estimate of drug-likeness (QED) is 0.546. The highest BCUT2D eigenvalue weighted by Crippen LogP contribution is 2.13. The molecule has 0 saturated carbocycles. The summed E-state index contributed by atoms with van der Waals surface area (Å²) in [6.45, 7) is 7.01. The normalized spacial score (nSPS) is 10.5. The summed E-state index contributed by atoms with van der Waals surface area (Å²) in [5.74, 6) is 1.40. The van der Waals surface area contributed by atoms with Gasteiger partial charge in [0.15, 0.2) is 5.78 Å². The summed E-state index contributed by atoms with van der Waals surface area (Å²) in [4.78, 5) is 24.8. The van der Waals surface area contributed by atoms with Gasteiger partial charge in [-0.3, -0.25) is 9.59 Å². The van der Waals surface area contributed by atoms with E-state index in [0.29, 0.717) is 30.9 Å². The third kappa shape index (κ3) is 6.43. The first-order chi connectivity index (χ1) is 9.90. The standard InChI is InChI=1S/C17H25NO3/c1-13(2)12-18(4)17(20)6-5-11-21-16-9-7-15(8-10-16)14(3)19/h7-10,13H,5-6,11-12H2,1-4H3. The second-order valence-electron chi connectivity index (χ2n) is 5.70. The molecule has 0 radical (unpaired) electrons. The molecule has 0 aromatic heterocycles. The van der Waals surface area contributed by atoms with E-state index in [9.17, 15) is 9.59 Å². The van der Waals surface area contributed by atoms with Gasteiger partial charge >= 0.3 is 0 Å². The second kappa shape index (κ2) is 8.45. The van der Waals surface area contributed by atoms with Crippen molar-refractivity contribution in [3.63, 3.8) is 0 Å². The number of hydrogen-bond acceptors (Lipinski definition) is 3. The zero-order valence-corrected chi connectivity index (χ0v) is 13.4. The van der Waals surface area contributed by atoms with Crippen LogP contribution in [0, 0.1) is 5.92 Å². The average molecular weight is 291 g/mol. The third-order valence-corrected chi connectivity index (χ3v) is 3.13. The van der Waals surface area contributed by atoms with Crippen molar-refractivity contribution in [1.29, 1.82) is 0 Å². The van der Waals surface area contributed by atoms with Crippen LogP contribution in [-0.4, -0.2) is 36.8 Å². The van der Waals surface area contributed by atoms with Crippen LogP contribution in [0.15, 0.2) is 24.3 Å². The van der Waals surface area contributed by atoms with E-state index in [-0.39, 0.29) is 11.7 Å². The SMILES string of the molecule is CC(=O)c1ccc(OCCCC(=O)N(C)CC(C)C)cc1. The number of nitrogens with zero attached hydrogens (tertiary/aromatic N) is 1. The highest BCUT2D eigenvalue weighted by atomic mass is 16.5. The minimum atomic E-state index is 0.0420. The predicted molar refractivity (Wildman–Crippen MR) is 83.7 cm³/mol. The molecule has 0 heterocycles. The van der Waals surface area contributed by atoms with Gasteiger partial charge < -0.3 is 9.64 Å². The predicted octanol–water partition coefficient (Wildman–Crippen LogP) is 3.16. The maximum atomic E-state index is 11.8. The summed E-state index contributed by atoms with van der Waals surface area (Å²) >= 11 is 0. The lowest BCUT2D eigenvalue weighted by atomic mass is 10.1. The summed E-state index contributed by atoms with van der Waals surface area (Å²) in [6, 6.07) is 7.06. The van der Waals surface area contributed by atoms with E-state index in [1.165, 1.54) is 6.92 Å². The van der Waals surface area contributed by atoms with Gasteiger partial charge in [-0.2, -0.15) is 0 Å². The van der Waals surface area contributed by atoms with Crippen LogP contribution in [0.25, 0.3) is 0 Å². The lowest BCUT2D eigenvalue weighted by Gasteiger charge is -2.19. The van der Waals surface area contributed by atoms with Crippen molar-refractivity contribution in [2.75, 3.05) is 20.2 Å². The van der Waals surface area contributed by atoms with Gasteiger partial charge in [0.25, 0.3) is 0 Å². The number of carbonyl (C=O) groups is 2. The van der Waals surface area contributed by atoms with Gasteiger partial charge in [-0.15, -0.1) is 0 Å². The van der Waals surface area contributed by atoms with Gasteiger partial charge in [0.2, 0.25) is 5.91 Å². The minimum absolute atomic E-state index is 0.0420. The van der Waals surface area contributed by atoms with E-state index in [2.05, 4.69) is 13.8 Å². The zero-order valence-electron chi connectivity index (χ0n) is 13.4. The molecule has 4 nitrogen and oxygen atoms in total. The maximum absolute atomic E-state index is 11.8. The van der Waals surface area contributed by atoms with Crippen LogP contribution in [0.5, 0.6) is 5.75 Å². The minimum Gasteiger partial charge on any atom is -0.494 e. The van der Waals surface area contributed by atoms with Gasteiger partial charge in [-0.05, 0) is 43.5 Å². The summed E-state index contributed by atoms with van der Waals surface area (Å²) in [5, 5.41) is 0. The molecule has 0 spiro atoms. The van der Waals surface area contributed by atoms with Crippen LogP contribution in [0.2, 0.25) is 0 Å². The van der Waals surface area contributed by atoms with E-state index >= 15 is 0 Å². The molecular formula is C17H25NO3. The Balaban J connectivity index is 2.27. The van der Waals surface area contributed by atoms with Gasteiger partial charge in [0.05, 0.1) is 6.61 Å². The van der Waals surface area contributed by atoms with Crippen LogP contribution >= 0.6 is 0 Å². The lowest BCUT2D eigenvalue weighted by molar-refractivity contribution is -0.130. The van der Waals surface area contributed by atoms with Crippen molar-refractivity contribution in [3.05, 3.63) is 29.8 Å². The van der Waals surface area contributed by atoms with E-state index in [1.807, 2.05) is 7.05 Å². The number of benzene rings is 1. The second-order valence-corrected chi connectivity index (χ2v) is 5.70. The van der Waals surface area contributed by atoms with Crippen LogP contribution in [0.3, 0.4) is 0 Å². The average Bonchev–Trinajstić information content (AvgIpc) is 2.43. The van der Waals surface area contributed by atoms with Crippen molar-refractivity contribution in [2.24, 2.45) is 5.92 Å². The van der Waals surface area contributed by atoms with E-state index in [0.717, 1.165) is 12.3 Å². The van der Waals surface area contributed by atoms with E-state index in [1.54, 1.807) is 29.2 Å². The molecule has 1 aromatic carbocycles. The fourth-order valence-corrected chi connectivity index (χ4v) is 2.04. The smallest absolute Gasteiger partial charge is 0.222 e. The summed E-state index contributed by atoms with van der Waals surface area (Å²) in [7, 11) is 1.84. The molecule has 0 bridgehead atoms. The van der Waals surface area contributed by atoms with Crippen LogP contribution in [0.1, 0.15) is 44.0 Å². The molecule has 0 atom stereocenters. The van der Waals surface area contributed by atoms with Crippen molar-refractivity contribution in [3.8, 4) is 5.75 Å². The first-order valence-corrected chi connectivity index (χ1v) is 7.38. The lowest BCUT2D eigenvalue weighted by Crippen LogP contribution is -2.30. The molecule has 4 heteroatoms. The third-order valence-electron chi connectivity index (χ3n) is 3.13. The Morgan fingerprint density at radius 2 is 1.81 bits per heavy atom. The highest BCUT2D eigenvalue weighted by molar-refractivity contribution is 5.94. The molecule has 0 aliphatic carbocycles. The first kappa shape index (κ1) is 17.2. The van der Waals surface area contributed by atoms with Gasteiger partial charge in [0, 0.05) is 25.6 Å². The molecule has 21 heavy (non-hydrogen) atoms. The molecule has 116 valence electrons. The van der Waals surface area contributed by atoms with Gasteiger partial charge in [0.1, 0.15) is 5.75 Å². The number of ketones is 1. The van der Waals surface area contributed by atoms with Crippen LogP contribution in [0.4, 0.5) is 0 Å². The fraction of sp³-hybridized carbons (Fsp3) is 0.529. The van der Waals surface area contributed by atoms with Gasteiger partial charge in [-0.25, -0.2) is 0 Å². The summed E-state index contributed by atoms with van der Waals surface area (Å²) in [6.07, 6.45) is 1.18. The molecule has 0 saturated heterocycles. The summed E-state index contributed by atoms with van der Waals surface area (Å²) in [5.41, 5.74) is 0.674. The van der Waals surface area contributed by atoms with Crippen LogP contribution < -0.4 is 4.74 Å². The highest BCUT2D eigenvalue weighted by Gasteiger charge is 2.09. The van der Waals surface area contributed by atoms with Crippen molar-refractivity contribution in [1.82, 2.24) is 4.90 Å². The zero-order chi connectivity index (χ0) is 15.8. The Kier molecular flexibility index (Phi) is 6.92. The fourth-order valence-electron chi connectivity index (χ4n) is 2.04. The molecular weight excluding hydrogens is 266 g/mol. The van der Waals surface area contributed by atoms with Crippen molar-refractivity contribution in [2.45, 2.75) is 33.6 Å². The molecule has 0 unspecified atom stereocenters. The van der Waals surface area contributed by atoms with E-state index < -0.39 is 0 Å². The number of carbonyl (C=O) groups excluding carboxylic acids is 2. The number of rotatable bonds is 8. The largest absolute Gasteiger partial charge is 0.494 e. The Morgan fingerprint density at radius 1 is 1.19 bits per heavy atom. The Bertz CT molecular complexity index is 465. The van der Waals surface area contributed by atoms with Crippen molar-refractivity contribution < 1.29 is 14.3 Å². The molecule has 1 amide bonds. The Morgan fingerprint density at radius 3 is 2.33 bits per heavy atom.